The highest BCUT2D eigenvalue weighted by atomic mass is 16.5. The van der Waals surface area contributed by atoms with Gasteiger partial charge in [-0.25, -0.2) is 4.79 Å². The lowest BCUT2D eigenvalue weighted by Crippen LogP contribution is -2.09. The number of nitrogens with one attached hydrogen (secondary N) is 1. The Labute approximate surface area is 147 Å². The van der Waals surface area contributed by atoms with Gasteiger partial charge in [0.25, 0.3) is 0 Å². The summed E-state index contributed by atoms with van der Waals surface area (Å²) >= 11 is 0. The largest absolute Gasteiger partial charge is 0.462 e. The molecule has 4 nitrogen and oxygen atoms in total. The third kappa shape index (κ3) is 3.48. The Bertz CT molecular complexity index is 948. The summed E-state index contributed by atoms with van der Waals surface area (Å²) in [5.74, 6) is -0.371. The van der Waals surface area contributed by atoms with Gasteiger partial charge < -0.3 is 10.1 Å². The average Bonchev–Trinajstić information content (AvgIpc) is 2.58. The number of nitrogens with zero attached hydrogens (tertiary/aromatic N) is 1. The molecule has 1 heterocycles. The Morgan fingerprint density at radius 3 is 2.60 bits per heavy atom. The van der Waals surface area contributed by atoms with Crippen molar-refractivity contribution in [3.05, 3.63) is 64.8 Å². The number of esters is 1. The van der Waals surface area contributed by atoms with Crippen LogP contribution in [0.2, 0.25) is 0 Å². The Kier molecular flexibility index (Phi) is 4.70. The average molecular weight is 334 g/mol. The van der Waals surface area contributed by atoms with Gasteiger partial charge in [0, 0.05) is 17.3 Å². The molecule has 3 aromatic rings. The number of fused-ring (bicyclic) bond motifs is 1. The van der Waals surface area contributed by atoms with Crippen LogP contribution in [0.15, 0.2) is 42.6 Å². The summed E-state index contributed by atoms with van der Waals surface area (Å²) in [6.07, 6.45) is 1.58. The van der Waals surface area contributed by atoms with E-state index < -0.39 is 0 Å². The first-order chi connectivity index (χ1) is 12.0. The van der Waals surface area contributed by atoms with E-state index in [9.17, 15) is 4.79 Å². The van der Waals surface area contributed by atoms with Crippen LogP contribution in [0.3, 0.4) is 0 Å². The molecule has 0 spiro atoms. The molecule has 0 radical (unpaired) electrons. The van der Waals surface area contributed by atoms with Crippen molar-refractivity contribution in [2.75, 3.05) is 11.9 Å². The maximum atomic E-state index is 12.4. The Hall–Kier alpha value is -2.88. The molecule has 1 aromatic heterocycles. The molecule has 3 rings (SSSR count). The van der Waals surface area contributed by atoms with Crippen LogP contribution in [0.1, 0.15) is 34.0 Å². The number of hydrogen-bond acceptors (Lipinski definition) is 4. The topological polar surface area (TPSA) is 51.2 Å². The highest BCUT2D eigenvalue weighted by Gasteiger charge is 2.17. The Balaban J connectivity index is 2.17. The second-order valence-electron chi connectivity index (χ2n) is 6.21. The quantitative estimate of drug-likeness (QED) is 0.676. The van der Waals surface area contributed by atoms with Gasteiger partial charge in [0.15, 0.2) is 0 Å². The summed E-state index contributed by atoms with van der Waals surface area (Å²) in [7, 11) is 0. The zero-order valence-electron chi connectivity index (χ0n) is 15.0. The van der Waals surface area contributed by atoms with Gasteiger partial charge in [0.1, 0.15) is 5.56 Å². The normalized spacial score (nSPS) is 10.7. The molecule has 0 aliphatic heterocycles. The van der Waals surface area contributed by atoms with E-state index in [0.717, 1.165) is 27.8 Å². The molecular weight excluding hydrogens is 312 g/mol. The van der Waals surface area contributed by atoms with Crippen molar-refractivity contribution in [1.82, 2.24) is 4.98 Å². The second kappa shape index (κ2) is 6.93. The maximum absolute atomic E-state index is 12.4. The SMILES string of the molecule is CCOC(=O)c1cnc2ccc(C)cc2c1Nc1ccc(C)c(C)c1. The highest BCUT2D eigenvalue weighted by Crippen LogP contribution is 2.31. The molecule has 0 bridgehead atoms. The zero-order valence-corrected chi connectivity index (χ0v) is 15.0. The molecule has 4 heteroatoms. The number of anilines is 2. The third-order valence-electron chi connectivity index (χ3n) is 4.30. The molecule has 0 amide bonds. The Morgan fingerprint density at radius 2 is 1.88 bits per heavy atom. The summed E-state index contributed by atoms with van der Waals surface area (Å²) in [5, 5.41) is 4.32. The van der Waals surface area contributed by atoms with Crippen molar-refractivity contribution in [3.63, 3.8) is 0 Å². The summed E-state index contributed by atoms with van der Waals surface area (Å²) in [6.45, 7) is 8.30. The van der Waals surface area contributed by atoms with Gasteiger partial charge in [-0.05, 0) is 63.1 Å². The lowest BCUT2D eigenvalue weighted by atomic mass is 10.1. The number of hydrogen-bond donors (Lipinski definition) is 1. The van der Waals surface area contributed by atoms with Crippen molar-refractivity contribution in [2.24, 2.45) is 0 Å². The van der Waals surface area contributed by atoms with Crippen molar-refractivity contribution in [3.8, 4) is 0 Å². The fourth-order valence-corrected chi connectivity index (χ4v) is 2.77. The number of benzene rings is 2. The predicted molar refractivity (Wildman–Crippen MR) is 102 cm³/mol. The van der Waals surface area contributed by atoms with E-state index in [0.29, 0.717) is 12.2 Å². The van der Waals surface area contributed by atoms with Crippen LogP contribution in [0.4, 0.5) is 11.4 Å². The third-order valence-corrected chi connectivity index (χ3v) is 4.30. The molecule has 0 unspecified atom stereocenters. The van der Waals surface area contributed by atoms with E-state index in [2.05, 4.69) is 36.3 Å². The highest BCUT2D eigenvalue weighted by molar-refractivity contribution is 6.06. The van der Waals surface area contributed by atoms with Gasteiger partial charge >= 0.3 is 5.97 Å². The van der Waals surface area contributed by atoms with E-state index in [1.54, 1.807) is 13.1 Å². The summed E-state index contributed by atoms with van der Waals surface area (Å²) in [5.41, 5.74) is 6.48. The second-order valence-corrected chi connectivity index (χ2v) is 6.21. The standard InChI is InChI=1S/C21H22N2O2/c1-5-25-21(24)18-12-22-19-9-6-13(2)10-17(19)20(18)23-16-8-7-14(3)15(4)11-16/h6-12H,5H2,1-4H3,(H,22,23). The molecular formula is C21H22N2O2. The number of rotatable bonds is 4. The predicted octanol–water partition coefficient (Wildman–Crippen LogP) is 5.08. The van der Waals surface area contributed by atoms with Crippen LogP contribution in [0, 0.1) is 20.8 Å². The van der Waals surface area contributed by atoms with Crippen molar-refractivity contribution < 1.29 is 9.53 Å². The van der Waals surface area contributed by atoms with Crippen LogP contribution in [0.25, 0.3) is 10.9 Å². The van der Waals surface area contributed by atoms with Gasteiger partial charge in [-0.15, -0.1) is 0 Å². The van der Waals surface area contributed by atoms with Crippen LogP contribution in [-0.4, -0.2) is 17.6 Å². The molecule has 0 saturated carbocycles. The van der Waals surface area contributed by atoms with Gasteiger partial charge in [-0.1, -0.05) is 17.7 Å². The minimum Gasteiger partial charge on any atom is -0.462 e. The van der Waals surface area contributed by atoms with Crippen molar-refractivity contribution in [2.45, 2.75) is 27.7 Å². The number of carbonyl (C=O) groups excluding carboxylic acids is 1. The lowest BCUT2D eigenvalue weighted by molar-refractivity contribution is 0.0527. The smallest absolute Gasteiger partial charge is 0.341 e. The molecule has 0 aliphatic carbocycles. The minimum absolute atomic E-state index is 0.327. The van der Waals surface area contributed by atoms with Gasteiger partial charge in [-0.3, -0.25) is 4.98 Å². The lowest BCUT2D eigenvalue weighted by Gasteiger charge is -2.15. The summed E-state index contributed by atoms with van der Waals surface area (Å²) in [4.78, 5) is 16.8. The molecule has 0 aliphatic rings. The van der Waals surface area contributed by atoms with Gasteiger partial charge in [0.05, 0.1) is 17.8 Å². The number of aryl methyl sites for hydroxylation is 3. The van der Waals surface area contributed by atoms with E-state index >= 15 is 0 Å². The van der Waals surface area contributed by atoms with Crippen molar-refractivity contribution in [1.29, 1.82) is 0 Å². The first-order valence-corrected chi connectivity index (χ1v) is 8.40. The first-order valence-electron chi connectivity index (χ1n) is 8.40. The first kappa shape index (κ1) is 17.0. The van der Waals surface area contributed by atoms with E-state index in [1.165, 1.54) is 11.1 Å². The summed E-state index contributed by atoms with van der Waals surface area (Å²) < 4.78 is 5.21. The molecule has 0 saturated heterocycles. The molecule has 0 fully saturated rings. The van der Waals surface area contributed by atoms with Gasteiger partial charge in [-0.2, -0.15) is 0 Å². The molecule has 128 valence electrons. The fourth-order valence-electron chi connectivity index (χ4n) is 2.77. The molecule has 0 atom stereocenters. The van der Waals surface area contributed by atoms with Crippen LogP contribution >= 0.6 is 0 Å². The fraction of sp³-hybridized carbons (Fsp3) is 0.238. The van der Waals surface area contributed by atoms with Crippen molar-refractivity contribution >= 4 is 28.2 Å². The van der Waals surface area contributed by atoms with E-state index in [1.807, 2.05) is 31.2 Å². The number of pyridine rings is 1. The van der Waals surface area contributed by atoms with Crippen LogP contribution in [-0.2, 0) is 4.74 Å². The molecule has 25 heavy (non-hydrogen) atoms. The number of carbonyl (C=O) groups is 1. The summed E-state index contributed by atoms with van der Waals surface area (Å²) in [6, 6.07) is 12.2. The Morgan fingerprint density at radius 1 is 1.08 bits per heavy atom. The number of ether oxygens (including phenoxy) is 1. The van der Waals surface area contributed by atoms with E-state index in [-0.39, 0.29) is 5.97 Å². The number of aromatic nitrogens is 1. The molecule has 2 aromatic carbocycles. The van der Waals surface area contributed by atoms with E-state index in [4.69, 9.17) is 4.74 Å². The monoisotopic (exact) mass is 334 g/mol. The zero-order chi connectivity index (χ0) is 18.0. The minimum atomic E-state index is -0.371. The van der Waals surface area contributed by atoms with Crippen LogP contribution in [0.5, 0.6) is 0 Å². The van der Waals surface area contributed by atoms with Crippen LogP contribution < -0.4 is 5.32 Å². The maximum Gasteiger partial charge on any atom is 0.341 e. The van der Waals surface area contributed by atoms with Gasteiger partial charge in [0.2, 0.25) is 0 Å². The molecule has 1 N–H and O–H groups in total.